The van der Waals surface area contributed by atoms with E-state index in [2.05, 4.69) is 38.1 Å². The average molecular weight is 273 g/mol. The first kappa shape index (κ1) is 17.3. The van der Waals surface area contributed by atoms with Crippen molar-refractivity contribution in [1.29, 1.82) is 0 Å². The van der Waals surface area contributed by atoms with Gasteiger partial charge in [0.25, 0.3) is 0 Å². The van der Waals surface area contributed by atoms with Crippen LogP contribution in [0.2, 0.25) is 0 Å². The SMILES string of the molecule is [CH2]CCCc1ccc(CCCCCCCCCC)cc1. The summed E-state index contributed by atoms with van der Waals surface area (Å²) in [5.41, 5.74) is 2.97. The number of rotatable bonds is 12. The highest BCUT2D eigenvalue weighted by atomic mass is 14.0. The third kappa shape index (κ3) is 8.40. The second-order valence-electron chi connectivity index (χ2n) is 6.00. The second-order valence-corrected chi connectivity index (χ2v) is 6.00. The Morgan fingerprint density at radius 2 is 1.10 bits per heavy atom. The van der Waals surface area contributed by atoms with Gasteiger partial charge in [0, 0.05) is 0 Å². The molecular formula is C20H33. The van der Waals surface area contributed by atoms with Gasteiger partial charge in [0.1, 0.15) is 0 Å². The van der Waals surface area contributed by atoms with Gasteiger partial charge in [-0.15, -0.1) is 0 Å². The van der Waals surface area contributed by atoms with Crippen LogP contribution in [0.1, 0.15) is 82.3 Å². The Labute approximate surface area is 127 Å². The minimum atomic E-state index is 1.04. The lowest BCUT2D eigenvalue weighted by molar-refractivity contribution is 0.575. The summed E-state index contributed by atoms with van der Waals surface area (Å²) in [5, 5.41) is 0. The normalized spacial score (nSPS) is 10.9. The van der Waals surface area contributed by atoms with Crippen molar-refractivity contribution in [1.82, 2.24) is 0 Å². The third-order valence-electron chi connectivity index (χ3n) is 4.06. The van der Waals surface area contributed by atoms with Crippen LogP contribution in [0.5, 0.6) is 0 Å². The molecule has 0 fully saturated rings. The van der Waals surface area contributed by atoms with E-state index in [9.17, 15) is 0 Å². The zero-order chi connectivity index (χ0) is 14.5. The molecular weight excluding hydrogens is 240 g/mol. The van der Waals surface area contributed by atoms with E-state index < -0.39 is 0 Å². The van der Waals surface area contributed by atoms with Crippen molar-refractivity contribution in [2.75, 3.05) is 0 Å². The molecule has 0 nitrogen and oxygen atoms in total. The molecule has 0 atom stereocenters. The number of hydrogen-bond acceptors (Lipinski definition) is 0. The smallest absolute Gasteiger partial charge is 0.0279 e. The molecule has 0 amide bonds. The Balaban J connectivity index is 2.04. The Morgan fingerprint density at radius 3 is 1.60 bits per heavy atom. The quantitative estimate of drug-likeness (QED) is 0.380. The van der Waals surface area contributed by atoms with E-state index in [0.717, 1.165) is 6.42 Å². The van der Waals surface area contributed by atoms with Crippen molar-refractivity contribution >= 4 is 0 Å². The third-order valence-corrected chi connectivity index (χ3v) is 4.06. The van der Waals surface area contributed by atoms with Crippen LogP contribution in [0.15, 0.2) is 24.3 Å². The molecule has 0 spiro atoms. The monoisotopic (exact) mass is 273 g/mol. The predicted octanol–water partition coefficient (Wildman–Crippen LogP) is 6.53. The Hall–Kier alpha value is -0.780. The minimum absolute atomic E-state index is 1.04. The molecule has 0 N–H and O–H groups in total. The van der Waals surface area contributed by atoms with Gasteiger partial charge < -0.3 is 0 Å². The molecule has 0 unspecified atom stereocenters. The summed E-state index contributed by atoms with van der Waals surface area (Å²) in [5.74, 6) is 0. The van der Waals surface area contributed by atoms with E-state index in [1.54, 1.807) is 0 Å². The maximum atomic E-state index is 3.90. The van der Waals surface area contributed by atoms with Gasteiger partial charge in [0.2, 0.25) is 0 Å². The maximum Gasteiger partial charge on any atom is -0.0279 e. The van der Waals surface area contributed by atoms with Crippen LogP contribution < -0.4 is 0 Å². The molecule has 1 radical (unpaired) electrons. The summed E-state index contributed by atoms with van der Waals surface area (Å²) in [6.45, 7) is 6.18. The molecule has 0 aliphatic rings. The van der Waals surface area contributed by atoms with Gasteiger partial charge >= 0.3 is 0 Å². The second kappa shape index (κ2) is 12.0. The number of unbranched alkanes of at least 4 members (excludes halogenated alkanes) is 8. The van der Waals surface area contributed by atoms with Crippen molar-refractivity contribution in [3.8, 4) is 0 Å². The van der Waals surface area contributed by atoms with Crippen molar-refractivity contribution in [3.63, 3.8) is 0 Å². The zero-order valence-electron chi connectivity index (χ0n) is 13.5. The number of aryl methyl sites for hydroxylation is 2. The first-order chi connectivity index (χ1) is 9.86. The molecule has 113 valence electrons. The van der Waals surface area contributed by atoms with Crippen LogP contribution in [0.3, 0.4) is 0 Å². The number of hydrogen-bond donors (Lipinski definition) is 0. The van der Waals surface area contributed by atoms with Crippen molar-refractivity contribution in [2.45, 2.75) is 84.0 Å². The minimum Gasteiger partial charge on any atom is -0.0654 e. The van der Waals surface area contributed by atoms with E-state index in [4.69, 9.17) is 0 Å². The molecule has 1 rings (SSSR count). The fraction of sp³-hybridized carbons (Fsp3) is 0.650. The predicted molar refractivity (Wildman–Crippen MR) is 91.1 cm³/mol. The summed E-state index contributed by atoms with van der Waals surface area (Å²) < 4.78 is 0. The van der Waals surface area contributed by atoms with E-state index in [1.165, 1.54) is 81.8 Å². The molecule has 1 aromatic rings. The Morgan fingerprint density at radius 1 is 0.650 bits per heavy atom. The zero-order valence-corrected chi connectivity index (χ0v) is 13.5. The molecule has 0 aliphatic heterocycles. The highest BCUT2D eigenvalue weighted by molar-refractivity contribution is 5.22. The molecule has 1 aromatic carbocycles. The molecule has 0 aromatic heterocycles. The van der Waals surface area contributed by atoms with Gasteiger partial charge in [-0.25, -0.2) is 0 Å². The van der Waals surface area contributed by atoms with Gasteiger partial charge in [-0.05, 0) is 36.8 Å². The van der Waals surface area contributed by atoms with E-state index >= 15 is 0 Å². The molecule has 0 heterocycles. The maximum absolute atomic E-state index is 3.90. The van der Waals surface area contributed by atoms with Crippen molar-refractivity contribution < 1.29 is 0 Å². The van der Waals surface area contributed by atoms with Crippen LogP contribution in [0.25, 0.3) is 0 Å². The average Bonchev–Trinajstić information content (AvgIpc) is 2.49. The van der Waals surface area contributed by atoms with Gasteiger partial charge in [-0.2, -0.15) is 0 Å². The summed E-state index contributed by atoms with van der Waals surface area (Å²) in [7, 11) is 0. The first-order valence-corrected chi connectivity index (χ1v) is 8.74. The van der Waals surface area contributed by atoms with E-state index in [1.807, 2.05) is 0 Å². The molecule has 0 heteroatoms. The molecule has 0 aliphatic carbocycles. The lowest BCUT2D eigenvalue weighted by Crippen LogP contribution is -1.89. The van der Waals surface area contributed by atoms with Crippen molar-refractivity contribution in [3.05, 3.63) is 42.3 Å². The molecule has 0 bridgehead atoms. The van der Waals surface area contributed by atoms with Crippen LogP contribution in [0, 0.1) is 6.92 Å². The highest BCUT2D eigenvalue weighted by Gasteiger charge is 1.96. The topological polar surface area (TPSA) is 0 Å². The largest absolute Gasteiger partial charge is 0.0654 e. The van der Waals surface area contributed by atoms with Gasteiger partial charge in [-0.3, -0.25) is 0 Å². The Bertz CT molecular complexity index is 309. The molecule has 0 saturated carbocycles. The summed E-state index contributed by atoms with van der Waals surface area (Å²) in [6.07, 6.45) is 15.9. The Kier molecular flexibility index (Phi) is 10.4. The summed E-state index contributed by atoms with van der Waals surface area (Å²) in [4.78, 5) is 0. The molecule has 20 heavy (non-hydrogen) atoms. The number of benzene rings is 1. The van der Waals surface area contributed by atoms with Crippen LogP contribution in [-0.2, 0) is 12.8 Å². The van der Waals surface area contributed by atoms with Crippen LogP contribution in [-0.4, -0.2) is 0 Å². The van der Waals surface area contributed by atoms with Crippen molar-refractivity contribution in [2.24, 2.45) is 0 Å². The van der Waals surface area contributed by atoms with Crippen LogP contribution in [0.4, 0.5) is 0 Å². The fourth-order valence-corrected chi connectivity index (χ4v) is 2.66. The van der Waals surface area contributed by atoms with Crippen LogP contribution >= 0.6 is 0 Å². The summed E-state index contributed by atoms with van der Waals surface area (Å²) >= 11 is 0. The van der Waals surface area contributed by atoms with Gasteiger partial charge in [-0.1, -0.05) is 89.5 Å². The lowest BCUT2D eigenvalue weighted by Gasteiger charge is -2.04. The van der Waals surface area contributed by atoms with Gasteiger partial charge in [0.05, 0.1) is 0 Å². The molecule has 0 saturated heterocycles. The highest BCUT2D eigenvalue weighted by Crippen LogP contribution is 2.13. The summed E-state index contributed by atoms with van der Waals surface area (Å²) in [6, 6.07) is 9.24. The van der Waals surface area contributed by atoms with Gasteiger partial charge in [0.15, 0.2) is 0 Å². The fourth-order valence-electron chi connectivity index (χ4n) is 2.66. The first-order valence-electron chi connectivity index (χ1n) is 8.74. The lowest BCUT2D eigenvalue weighted by atomic mass is 10.0. The van der Waals surface area contributed by atoms with E-state index in [-0.39, 0.29) is 0 Å². The standard InChI is InChI=1S/C20H33/c1-3-5-7-8-9-10-11-12-14-20-17-15-19(16-18-20)13-6-4-2/h15-18H,2-14H2,1H3. The van der Waals surface area contributed by atoms with E-state index in [0.29, 0.717) is 0 Å².